The van der Waals surface area contributed by atoms with E-state index < -0.39 is 0 Å². The second-order valence-electron chi connectivity index (χ2n) is 8.90. The van der Waals surface area contributed by atoms with E-state index in [1.165, 1.54) is 24.3 Å². The molecule has 1 amide bonds. The molecule has 4 aromatic rings. The Hall–Kier alpha value is -3.88. The molecule has 1 saturated heterocycles. The van der Waals surface area contributed by atoms with Crippen LogP contribution in [0.25, 0.3) is 11.2 Å². The maximum Gasteiger partial charge on any atom is 0.281 e. The molecule has 9 heteroatoms. The standard InChI is InChI=1S/C25H25FN6O2/c1-15-5-6-16(2)19(12-15)14-32-23-21(29-30-32)24(33)28-22(27-23)18-4-3-11-31(13-18)25(34)17-7-9-20(26)10-8-17/h5-10,12,18H,3-4,11,13-14H2,1-2H3,(H,27,28,33). The second kappa shape index (κ2) is 8.81. The summed E-state index contributed by atoms with van der Waals surface area (Å²) in [6.45, 7) is 5.55. The van der Waals surface area contributed by atoms with Gasteiger partial charge in [0.2, 0.25) is 0 Å². The minimum atomic E-state index is -0.380. The molecule has 5 rings (SSSR count). The van der Waals surface area contributed by atoms with E-state index in [4.69, 9.17) is 4.98 Å². The Morgan fingerprint density at radius 1 is 1.18 bits per heavy atom. The molecule has 34 heavy (non-hydrogen) atoms. The number of hydrogen-bond acceptors (Lipinski definition) is 5. The quantitative estimate of drug-likeness (QED) is 0.504. The first-order valence-electron chi connectivity index (χ1n) is 11.3. The SMILES string of the molecule is Cc1ccc(C)c(Cn2nnc3c(=O)[nH]c(C4CCCN(C(=O)c5ccc(F)cc5)C4)nc32)c1. The van der Waals surface area contributed by atoms with Gasteiger partial charge in [-0.3, -0.25) is 9.59 Å². The number of piperidine rings is 1. The van der Waals surface area contributed by atoms with E-state index >= 15 is 0 Å². The van der Waals surface area contributed by atoms with Crippen LogP contribution < -0.4 is 5.56 Å². The first-order valence-corrected chi connectivity index (χ1v) is 11.3. The van der Waals surface area contributed by atoms with Gasteiger partial charge in [-0.2, -0.15) is 0 Å². The fraction of sp³-hybridized carbons (Fsp3) is 0.320. The molecule has 2 aromatic heterocycles. The molecule has 0 spiro atoms. The van der Waals surface area contributed by atoms with Gasteiger partial charge < -0.3 is 9.88 Å². The molecule has 1 N–H and O–H groups in total. The van der Waals surface area contributed by atoms with Crippen molar-refractivity contribution in [2.45, 2.75) is 39.2 Å². The topological polar surface area (TPSA) is 96.8 Å². The van der Waals surface area contributed by atoms with Crippen LogP contribution in [0.4, 0.5) is 4.39 Å². The Balaban J connectivity index is 1.43. The number of benzene rings is 2. The van der Waals surface area contributed by atoms with Crippen LogP contribution in [-0.2, 0) is 6.54 Å². The summed E-state index contributed by atoms with van der Waals surface area (Å²) in [6, 6.07) is 11.8. The zero-order chi connectivity index (χ0) is 23.8. The Morgan fingerprint density at radius 3 is 2.76 bits per heavy atom. The van der Waals surface area contributed by atoms with Crippen LogP contribution in [0, 0.1) is 19.7 Å². The third-order valence-electron chi connectivity index (χ3n) is 6.40. The van der Waals surface area contributed by atoms with Crippen LogP contribution in [0.15, 0.2) is 47.3 Å². The van der Waals surface area contributed by atoms with E-state index in [1.807, 2.05) is 13.8 Å². The van der Waals surface area contributed by atoms with Crippen molar-refractivity contribution in [2.24, 2.45) is 0 Å². The number of likely N-dealkylation sites (tertiary alicyclic amines) is 1. The summed E-state index contributed by atoms with van der Waals surface area (Å²) < 4.78 is 14.9. The Morgan fingerprint density at radius 2 is 1.97 bits per heavy atom. The average molecular weight is 461 g/mol. The van der Waals surface area contributed by atoms with Gasteiger partial charge in [0, 0.05) is 24.6 Å². The highest BCUT2D eigenvalue weighted by Crippen LogP contribution is 2.26. The number of aromatic nitrogens is 5. The number of carbonyl (C=O) groups excluding carboxylic acids is 1. The van der Waals surface area contributed by atoms with Gasteiger partial charge in [0.1, 0.15) is 11.6 Å². The molecule has 174 valence electrons. The largest absolute Gasteiger partial charge is 0.338 e. The lowest BCUT2D eigenvalue weighted by Gasteiger charge is -2.32. The highest BCUT2D eigenvalue weighted by atomic mass is 19.1. The Kier molecular flexibility index (Phi) is 5.69. The number of aryl methyl sites for hydroxylation is 2. The number of rotatable bonds is 4. The summed E-state index contributed by atoms with van der Waals surface area (Å²) in [7, 11) is 0. The van der Waals surface area contributed by atoms with Gasteiger partial charge in [-0.1, -0.05) is 29.0 Å². The fourth-order valence-electron chi connectivity index (χ4n) is 4.47. The van der Waals surface area contributed by atoms with Gasteiger partial charge in [-0.25, -0.2) is 14.1 Å². The van der Waals surface area contributed by atoms with Crippen molar-refractivity contribution in [3.8, 4) is 0 Å². The zero-order valence-corrected chi connectivity index (χ0v) is 19.1. The molecule has 1 aliphatic rings. The van der Waals surface area contributed by atoms with Crippen LogP contribution in [0.1, 0.15) is 51.6 Å². The van der Waals surface area contributed by atoms with Crippen molar-refractivity contribution in [1.29, 1.82) is 0 Å². The molecule has 1 aliphatic heterocycles. The van der Waals surface area contributed by atoms with Crippen LogP contribution >= 0.6 is 0 Å². The van der Waals surface area contributed by atoms with E-state index in [0.29, 0.717) is 36.7 Å². The summed E-state index contributed by atoms with van der Waals surface area (Å²) in [5.41, 5.74) is 4.09. The van der Waals surface area contributed by atoms with Gasteiger partial charge >= 0.3 is 0 Å². The number of nitrogens with one attached hydrogen (secondary N) is 1. The van der Waals surface area contributed by atoms with Crippen molar-refractivity contribution in [3.05, 3.63) is 86.7 Å². The van der Waals surface area contributed by atoms with Crippen LogP contribution in [0.2, 0.25) is 0 Å². The first kappa shape index (κ1) is 21.9. The van der Waals surface area contributed by atoms with Crippen LogP contribution in [-0.4, -0.2) is 48.9 Å². The first-order chi connectivity index (χ1) is 16.4. The van der Waals surface area contributed by atoms with E-state index in [9.17, 15) is 14.0 Å². The molecule has 0 saturated carbocycles. The lowest BCUT2D eigenvalue weighted by molar-refractivity contribution is 0.0704. The monoisotopic (exact) mass is 460 g/mol. The van der Waals surface area contributed by atoms with Gasteiger partial charge in [0.05, 0.1) is 6.54 Å². The highest BCUT2D eigenvalue weighted by molar-refractivity contribution is 5.94. The number of fused-ring (bicyclic) bond motifs is 1. The third-order valence-corrected chi connectivity index (χ3v) is 6.40. The van der Waals surface area contributed by atoms with E-state index in [0.717, 1.165) is 29.5 Å². The van der Waals surface area contributed by atoms with E-state index in [2.05, 4.69) is 33.5 Å². The molecule has 0 radical (unpaired) electrons. The molecular weight excluding hydrogens is 435 g/mol. The molecule has 1 atom stereocenters. The molecule has 0 aliphatic carbocycles. The van der Waals surface area contributed by atoms with Crippen molar-refractivity contribution >= 4 is 17.1 Å². The minimum absolute atomic E-state index is 0.126. The summed E-state index contributed by atoms with van der Waals surface area (Å²) in [4.78, 5) is 35.0. The predicted octanol–water partition coefficient (Wildman–Crippen LogP) is 3.34. The lowest BCUT2D eigenvalue weighted by atomic mass is 9.96. The van der Waals surface area contributed by atoms with Crippen molar-refractivity contribution in [1.82, 2.24) is 29.9 Å². The summed E-state index contributed by atoms with van der Waals surface area (Å²) >= 11 is 0. The number of amides is 1. The number of nitrogens with zero attached hydrogens (tertiary/aromatic N) is 5. The number of carbonyl (C=O) groups is 1. The fourth-order valence-corrected chi connectivity index (χ4v) is 4.47. The van der Waals surface area contributed by atoms with Crippen LogP contribution in [0.3, 0.4) is 0 Å². The zero-order valence-electron chi connectivity index (χ0n) is 19.1. The molecule has 1 unspecified atom stereocenters. The molecule has 1 fully saturated rings. The molecule has 0 bridgehead atoms. The Labute approximate surface area is 195 Å². The summed E-state index contributed by atoms with van der Waals surface area (Å²) in [5.74, 6) is -0.137. The summed E-state index contributed by atoms with van der Waals surface area (Å²) in [6.07, 6.45) is 1.57. The van der Waals surface area contributed by atoms with Crippen LogP contribution in [0.5, 0.6) is 0 Å². The smallest absolute Gasteiger partial charge is 0.281 e. The molecular formula is C25H25FN6O2. The molecule has 8 nitrogen and oxygen atoms in total. The van der Waals surface area contributed by atoms with Gasteiger partial charge in [0.25, 0.3) is 11.5 Å². The molecule has 2 aromatic carbocycles. The normalized spacial score (nSPS) is 16.2. The van der Waals surface area contributed by atoms with Crippen molar-refractivity contribution in [3.63, 3.8) is 0 Å². The number of halogens is 1. The maximum absolute atomic E-state index is 13.2. The van der Waals surface area contributed by atoms with E-state index in [1.54, 1.807) is 9.58 Å². The summed E-state index contributed by atoms with van der Waals surface area (Å²) in [5, 5.41) is 8.24. The van der Waals surface area contributed by atoms with Crippen molar-refractivity contribution in [2.75, 3.05) is 13.1 Å². The highest BCUT2D eigenvalue weighted by Gasteiger charge is 2.28. The number of hydrogen-bond donors (Lipinski definition) is 1. The minimum Gasteiger partial charge on any atom is -0.338 e. The van der Waals surface area contributed by atoms with Crippen molar-refractivity contribution < 1.29 is 9.18 Å². The maximum atomic E-state index is 13.2. The number of H-pyrrole nitrogens is 1. The van der Waals surface area contributed by atoms with Gasteiger partial charge in [-0.05, 0) is 62.1 Å². The molecule has 3 heterocycles. The number of aromatic amines is 1. The van der Waals surface area contributed by atoms with Gasteiger partial charge in [-0.15, -0.1) is 5.10 Å². The van der Waals surface area contributed by atoms with E-state index in [-0.39, 0.29) is 28.7 Å². The predicted molar refractivity (Wildman–Crippen MR) is 125 cm³/mol. The average Bonchev–Trinajstić information content (AvgIpc) is 3.25. The second-order valence-corrected chi connectivity index (χ2v) is 8.90. The Bertz CT molecular complexity index is 1430. The third kappa shape index (κ3) is 4.21. The van der Waals surface area contributed by atoms with Gasteiger partial charge in [0.15, 0.2) is 11.2 Å². The lowest BCUT2D eigenvalue weighted by Crippen LogP contribution is -2.40.